The van der Waals surface area contributed by atoms with Gasteiger partial charge in [0.05, 0.1) is 17.8 Å². The number of thiazole rings is 1. The highest BCUT2D eigenvalue weighted by Crippen LogP contribution is 2.37. The number of carbonyl (C=O) groups excluding carboxylic acids is 2. The zero-order valence-corrected chi connectivity index (χ0v) is 17.5. The van der Waals surface area contributed by atoms with Gasteiger partial charge in [0.1, 0.15) is 5.75 Å². The summed E-state index contributed by atoms with van der Waals surface area (Å²) in [5.74, 6) is 0.841. The van der Waals surface area contributed by atoms with E-state index in [0.29, 0.717) is 33.8 Å². The second-order valence-electron chi connectivity index (χ2n) is 7.73. The number of anilines is 2. The Morgan fingerprint density at radius 3 is 2.83 bits per heavy atom. The first-order chi connectivity index (χ1) is 14.3. The van der Waals surface area contributed by atoms with Crippen LogP contribution in [0.3, 0.4) is 0 Å². The summed E-state index contributed by atoms with van der Waals surface area (Å²) in [5, 5.41) is 7.97. The van der Waals surface area contributed by atoms with E-state index in [-0.39, 0.29) is 17.8 Å². The Morgan fingerprint density at radius 2 is 2.07 bits per heavy atom. The number of benzene rings is 1. The van der Waals surface area contributed by atoms with Crippen LogP contribution in [0.2, 0.25) is 0 Å². The number of carbonyl (C=O) groups is 2. The molecule has 2 N–H and O–H groups in total. The molecule has 2 amide bonds. The summed E-state index contributed by atoms with van der Waals surface area (Å²) in [6, 6.07) is 8.13. The monoisotopic (exact) mass is 424 g/mol. The molecule has 154 valence electrons. The highest BCUT2D eigenvalue weighted by Gasteiger charge is 2.26. The normalized spacial score (nSPS) is 12.8. The van der Waals surface area contributed by atoms with Gasteiger partial charge in [-0.15, -0.1) is 11.3 Å². The number of amides is 2. The van der Waals surface area contributed by atoms with Crippen molar-refractivity contribution in [3.8, 4) is 17.2 Å². The zero-order chi connectivity index (χ0) is 21.3. The van der Waals surface area contributed by atoms with Crippen LogP contribution in [0, 0.1) is 0 Å². The summed E-state index contributed by atoms with van der Waals surface area (Å²) in [6.07, 6.45) is 1.69. The highest BCUT2D eigenvalue weighted by molar-refractivity contribution is 7.14. The summed E-state index contributed by atoms with van der Waals surface area (Å²) in [5.41, 5.74) is 1.92. The highest BCUT2D eigenvalue weighted by atomic mass is 32.1. The summed E-state index contributed by atoms with van der Waals surface area (Å²) < 4.78 is 11.0. The van der Waals surface area contributed by atoms with Crippen LogP contribution in [0.1, 0.15) is 32.2 Å². The van der Waals surface area contributed by atoms with Crippen LogP contribution < -0.4 is 20.1 Å². The number of hydrogen-bond acceptors (Lipinski definition) is 7. The van der Waals surface area contributed by atoms with Crippen molar-refractivity contribution in [2.45, 2.75) is 32.6 Å². The lowest BCUT2D eigenvalue weighted by atomic mass is 9.93. The molecule has 3 aromatic rings. The summed E-state index contributed by atoms with van der Waals surface area (Å²) in [4.78, 5) is 32.4. The molecule has 0 radical (unpaired) electrons. The van der Waals surface area contributed by atoms with Gasteiger partial charge in [0.2, 0.25) is 0 Å². The van der Waals surface area contributed by atoms with Crippen molar-refractivity contribution in [3.63, 3.8) is 0 Å². The molecular formula is C21H20N4O4S. The van der Waals surface area contributed by atoms with Crippen molar-refractivity contribution in [3.05, 3.63) is 53.3 Å². The van der Waals surface area contributed by atoms with Gasteiger partial charge >= 0.3 is 12.0 Å². The third kappa shape index (κ3) is 4.41. The molecule has 3 heterocycles. The number of urea groups is 1. The fraction of sp³-hybridized carbons (Fsp3) is 0.238. The minimum absolute atomic E-state index is 0.0833. The molecular weight excluding hydrogens is 404 g/mol. The Bertz CT molecular complexity index is 1120. The second-order valence-corrected chi connectivity index (χ2v) is 8.59. The molecule has 30 heavy (non-hydrogen) atoms. The van der Waals surface area contributed by atoms with Crippen LogP contribution in [0.5, 0.6) is 17.2 Å². The van der Waals surface area contributed by atoms with Gasteiger partial charge in [-0.3, -0.25) is 15.1 Å². The first kappa shape index (κ1) is 19.8. The minimum Gasteiger partial charge on any atom is -0.453 e. The number of hydrogen-bond donors (Lipinski definition) is 2. The average Bonchev–Trinajstić information content (AvgIpc) is 3.28. The smallest absolute Gasteiger partial charge is 0.325 e. The third-order valence-electron chi connectivity index (χ3n) is 4.28. The van der Waals surface area contributed by atoms with Crippen LogP contribution in [-0.4, -0.2) is 22.0 Å². The number of nitrogens with one attached hydrogen (secondary N) is 2. The van der Waals surface area contributed by atoms with Crippen molar-refractivity contribution in [2.75, 3.05) is 10.6 Å². The summed E-state index contributed by atoms with van der Waals surface area (Å²) in [7, 11) is 0. The van der Waals surface area contributed by atoms with Crippen molar-refractivity contribution >= 4 is 34.2 Å². The molecule has 0 fully saturated rings. The van der Waals surface area contributed by atoms with Gasteiger partial charge in [0.25, 0.3) is 0 Å². The molecule has 2 aromatic heterocycles. The molecule has 1 aromatic carbocycles. The number of ether oxygens (including phenoxy) is 2. The van der Waals surface area contributed by atoms with Gasteiger partial charge in [-0.05, 0) is 12.1 Å². The van der Waals surface area contributed by atoms with Crippen LogP contribution >= 0.6 is 11.3 Å². The fourth-order valence-corrected chi connectivity index (χ4v) is 3.71. The standard InChI is InChI=1S/C21H20N4O4S/c1-21(2,3)16-11-30-20(24-16)25-19(27)23-12-5-4-6-13(9-12)28-15-7-8-22-14-10-17(26)29-18(14)15/h4-9,11H,10H2,1-3H3,(H2,23,24,25,27). The number of nitrogens with zero attached hydrogens (tertiary/aromatic N) is 2. The predicted molar refractivity (Wildman–Crippen MR) is 114 cm³/mol. The molecule has 9 heteroatoms. The minimum atomic E-state index is -0.402. The molecule has 0 saturated carbocycles. The van der Waals surface area contributed by atoms with E-state index in [1.807, 2.05) is 5.38 Å². The summed E-state index contributed by atoms with van der Waals surface area (Å²) in [6.45, 7) is 6.20. The molecule has 8 nitrogen and oxygen atoms in total. The van der Waals surface area contributed by atoms with Crippen LogP contribution in [-0.2, 0) is 16.6 Å². The molecule has 1 aliphatic heterocycles. The van der Waals surface area contributed by atoms with E-state index in [0.717, 1.165) is 5.69 Å². The largest absolute Gasteiger partial charge is 0.453 e. The number of fused-ring (bicyclic) bond motifs is 1. The molecule has 0 unspecified atom stereocenters. The lowest BCUT2D eigenvalue weighted by Crippen LogP contribution is -2.19. The lowest BCUT2D eigenvalue weighted by molar-refractivity contribution is -0.131. The average molecular weight is 424 g/mol. The molecule has 0 saturated heterocycles. The molecule has 0 aliphatic carbocycles. The lowest BCUT2D eigenvalue weighted by Gasteiger charge is -2.14. The van der Waals surface area contributed by atoms with Crippen LogP contribution in [0.15, 0.2) is 41.9 Å². The van der Waals surface area contributed by atoms with Crippen LogP contribution in [0.4, 0.5) is 15.6 Å². The Balaban J connectivity index is 1.43. The van der Waals surface area contributed by atoms with Gasteiger partial charge in [-0.2, -0.15) is 0 Å². The van der Waals surface area contributed by atoms with Crippen LogP contribution in [0.25, 0.3) is 0 Å². The maximum Gasteiger partial charge on any atom is 0.325 e. The zero-order valence-electron chi connectivity index (χ0n) is 16.7. The quantitative estimate of drug-likeness (QED) is 0.587. The van der Waals surface area contributed by atoms with Crippen molar-refractivity contribution in [1.82, 2.24) is 9.97 Å². The van der Waals surface area contributed by atoms with Crippen molar-refractivity contribution < 1.29 is 19.1 Å². The molecule has 0 bridgehead atoms. The first-order valence-electron chi connectivity index (χ1n) is 9.28. The van der Waals surface area contributed by atoms with Crippen molar-refractivity contribution in [1.29, 1.82) is 0 Å². The SMILES string of the molecule is CC(C)(C)c1csc(NC(=O)Nc2cccc(Oc3ccnc4c3OC(=O)C4)c2)n1. The van der Waals surface area contributed by atoms with Gasteiger partial charge < -0.3 is 14.8 Å². The summed E-state index contributed by atoms with van der Waals surface area (Å²) >= 11 is 1.38. The topological polar surface area (TPSA) is 102 Å². The van der Waals surface area contributed by atoms with E-state index in [1.54, 1.807) is 36.5 Å². The number of pyridine rings is 1. The Kier molecular flexibility index (Phi) is 5.13. The Morgan fingerprint density at radius 1 is 1.23 bits per heavy atom. The number of esters is 1. The molecule has 1 aliphatic rings. The van der Waals surface area contributed by atoms with E-state index in [9.17, 15) is 9.59 Å². The van der Waals surface area contributed by atoms with E-state index < -0.39 is 6.03 Å². The predicted octanol–water partition coefficient (Wildman–Crippen LogP) is 4.73. The van der Waals surface area contributed by atoms with Gasteiger partial charge in [0, 0.05) is 34.8 Å². The third-order valence-corrected chi connectivity index (χ3v) is 5.04. The molecule has 4 rings (SSSR count). The maximum atomic E-state index is 12.3. The van der Waals surface area contributed by atoms with E-state index in [4.69, 9.17) is 9.47 Å². The van der Waals surface area contributed by atoms with Gasteiger partial charge in [0.15, 0.2) is 16.6 Å². The van der Waals surface area contributed by atoms with Gasteiger partial charge in [-0.25, -0.2) is 9.78 Å². The second kappa shape index (κ2) is 7.75. The first-order valence-corrected chi connectivity index (χ1v) is 10.2. The van der Waals surface area contributed by atoms with E-state index in [2.05, 4.69) is 41.4 Å². The van der Waals surface area contributed by atoms with E-state index >= 15 is 0 Å². The van der Waals surface area contributed by atoms with Gasteiger partial charge in [-0.1, -0.05) is 26.8 Å². The molecule has 0 atom stereocenters. The Hall–Kier alpha value is -3.46. The maximum absolute atomic E-state index is 12.3. The number of rotatable bonds is 4. The van der Waals surface area contributed by atoms with Crippen molar-refractivity contribution in [2.24, 2.45) is 0 Å². The Labute approximate surface area is 177 Å². The number of aromatic nitrogens is 2. The van der Waals surface area contributed by atoms with E-state index in [1.165, 1.54) is 11.3 Å². The fourth-order valence-electron chi connectivity index (χ4n) is 2.77. The molecule has 0 spiro atoms.